The summed E-state index contributed by atoms with van der Waals surface area (Å²) >= 11 is 11.0. The molecule has 0 spiro atoms. The Balaban J connectivity index is 2.16. The number of halogens is 2. The van der Waals surface area contributed by atoms with Gasteiger partial charge in [0.1, 0.15) is 4.34 Å². The van der Waals surface area contributed by atoms with Crippen molar-refractivity contribution in [2.24, 2.45) is 5.92 Å². The van der Waals surface area contributed by atoms with Crippen LogP contribution >= 0.6 is 38.9 Å². The average Bonchev–Trinajstić information content (AvgIpc) is 2.67. The number of thiophene rings is 1. The highest BCUT2D eigenvalue weighted by atomic mass is 79.9. The van der Waals surface area contributed by atoms with Crippen LogP contribution in [0, 0.1) is 5.92 Å². The lowest BCUT2D eigenvalue weighted by atomic mass is 9.84. The Morgan fingerprint density at radius 2 is 2.18 bits per heavy atom. The Bertz CT molecular complexity index is 388. The van der Waals surface area contributed by atoms with Crippen LogP contribution in [0.3, 0.4) is 0 Å². The maximum absolute atomic E-state index is 9.51. The van der Waals surface area contributed by atoms with Crippen LogP contribution < -0.4 is 0 Å². The summed E-state index contributed by atoms with van der Waals surface area (Å²) in [5.74, 6) is 0.563. The van der Waals surface area contributed by atoms with Crippen LogP contribution in [-0.2, 0) is 0 Å². The predicted molar refractivity (Wildman–Crippen MR) is 78.7 cm³/mol. The van der Waals surface area contributed by atoms with E-state index in [0.717, 1.165) is 19.3 Å². The van der Waals surface area contributed by atoms with Gasteiger partial charge < -0.3 is 5.11 Å². The average molecular weight is 336 g/mol. The summed E-state index contributed by atoms with van der Waals surface area (Å²) in [5, 5.41) is 9.51. The van der Waals surface area contributed by atoms with E-state index < -0.39 is 0 Å². The number of hydrogen-bond donors (Lipinski definition) is 1. The molecule has 17 heavy (non-hydrogen) atoms. The maximum Gasteiger partial charge on any atom is 0.108 e. The van der Waals surface area contributed by atoms with Crippen LogP contribution in [-0.4, -0.2) is 11.7 Å². The molecule has 0 aromatic carbocycles. The largest absolute Gasteiger partial charge is 0.392 e. The van der Waals surface area contributed by atoms with E-state index in [1.54, 1.807) is 11.3 Å². The highest BCUT2D eigenvalue weighted by Gasteiger charge is 2.17. The summed E-state index contributed by atoms with van der Waals surface area (Å²) in [7, 11) is 0. The van der Waals surface area contributed by atoms with E-state index in [1.165, 1.54) is 32.1 Å². The van der Waals surface area contributed by atoms with Crippen molar-refractivity contribution < 1.29 is 5.11 Å². The predicted octanol–water partition coefficient (Wildman–Crippen LogP) is 5.12. The smallest absolute Gasteiger partial charge is 0.108 e. The summed E-state index contributed by atoms with van der Waals surface area (Å²) in [6.07, 6.45) is 8.45. The van der Waals surface area contributed by atoms with Gasteiger partial charge >= 0.3 is 0 Å². The molecule has 1 aromatic heterocycles. The van der Waals surface area contributed by atoms with Gasteiger partial charge in [-0.1, -0.05) is 30.9 Å². The topological polar surface area (TPSA) is 20.2 Å². The number of rotatable bonds is 3. The zero-order valence-corrected chi connectivity index (χ0v) is 12.7. The molecule has 0 radical (unpaired) electrons. The van der Waals surface area contributed by atoms with Gasteiger partial charge in [-0.05, 0) is 52.4 Å². The van der Waals surface area contributed by atoms with E-state index in [9.17, 15) is 5.11 Å². The summed E-state index contributed by atoms with van der Waals surface area (Å²) in [5.41, 5.74) is 1.16. The molecule has 2 rings (SSSR count). The monoisotopic (exact) mass is 334 g/mol. The quantitative estimate of drug-likeness (QED) is 0.813. The first-order valence-corrected chi connectivity index (χ1v) is 7.95. The molecule has 1 aliphatic rings. The van der Waals surface area contributed by atoms with Gasteiger partial charge in [-0.3, -0.25) is 0 Å². The van der Waals surface area contributed by atoms with Crippen molar-refractivity contribution >= 4 is 44.9 Å². The zero-order chi connectivity index (χ0) is 12.3. The SMILES string of the molecule is OCC(=Cc1cc(Br)c(Cl)s1)C1CCCCC1. The minimum atomic E-state index is 0.164. The van der Waals surface area contributed by atoms with Crippen molar-refractivity contribution in [2.75, 3.05) is 6.61 Å². The van der Waals surface area contributed by atoms with Gasteiger partial charge in [0.25, 0.3) is 0 Å². The van der Waals surface area contributed by atoms with Gasteiger partial charge in [0.2, 0.25) is 0 Å². The summed E-state index contributed by atoms with van der Waals surface area (Å²) in [4.78, 5) is 1.12. The molecule has 1 saturated carbocycles. The molecule has 1 aromatic rings. The summed E-state index contributed by atoms with van der Waals surface area (Å²) < 4.78 is 1.72. The molecule has 0 atom stereocenters. The van der Waals surface area contributed by atoms with Crippen LogP contribution in [0.15, 0.2) is 16.1 Å². The third-order valence-corrected chi connectivity index (χ3v) is 5.73. The Labute approximate surface area is 120 Å². The molecule has 0 amide bonds. The first kappa shape index (κ1) is 13.6. The van der Waals surface area contributed by atoms with Crippen molar-refractivity contribution in [3.05, 3.63) is 25.3 Å². The minimum Gasteiger partial charge on any atom is -0.392 e. The lowest BCUT2D eigenvalue weighted by Gasteiger charge is -2.23. The molecule has 1 N–H and O–H groups in total. The molecular weight excluding hydrogens is 320 g/mol. The fourth-order valence-electron chi connectivity index (χ4n) is 2.38. The van der Waals surface area contributed by atoms with Crippen LogP contribution in [0.2, 0.25) is 4.34 Å². The van der Waals surface area contributed by atoms with Crippen LogP contribution in [0.5, 0.6) is 0 Å². The first-order chi connectivity index (χ1) is 8.20. The van der Waals surface area contributed by atoms with E-state index in [4.69, 9.17) is 11.6 Å². The van der Waals surface area contributed by atoms with Crippen molar-refractivity contribution in [2.45, 2.75) is 32.1 Å². The molecule has 0 bridgehead atoms. The van der Waals surface area contributed by atoms with Crippen molar-refractivity contribution in [1.29, 1.82) is 0 Å². The standard InChI is InChI=1S/C13H16BrClOS/c14-12-7-11(17-13(12)15)6-10(8-16)9-4-2-1-3-5-9/h6-7,9,16H,1-5,8H2. The zero-order valence-electron chi connectivity index (χ0n) is 9.59. The second-order valence-electron chi connectivity index (χ2n) is 4.48. The first-order valence-electron chi connectivity index (χ1n) is 5.97. The summed E-state index contributed by atoms with van der Waals surface area (Å²) in [6, 6.07) is 2.02. The lowest BCUT2D eigenvalue weighted by Crippen LogP contribution is -2.11. The van der Waals surface area contributed by atoms with Crippen LogP contribution in [0.1, 0.15) is 37.0 Å². The highest BCUT2D eigenvalue weighted by Crippen LogP contribution is 2.35. The second kappa shape index (κ2) is 6.37. The maximum atomic E-state index is 9.51. The Morgan fingerprint density at radius 3 is 2.71 bits per heavy atom. The molecule has 0 saturated heterocycles. The third kappa shape index (κ3) is 3.57. The van der Waals surface area contributed by atoms with Gasteiger partial charge in [-0.2, -0.15) is 0 Å². The van der Waals surface area contributed by atoms with E-state index >= 15 is 0 Å². The Morgan fingerprint density at radius 1 is 1.47 bits per heavy atom. The van der Waals surface area contributed by atoms with E-state index in [2.05, 4.69) is 22.0 Å². The summed E-state index contributed by atoms with van der Waals surface area (Å²) in [6.45, 7) is 0.164. The van der Waals surface area contributed by atoms with Crippen LogP contribution in [0.25, 0.3) is 6.08 Å². The van der Waals surface area contributed by atoms with E-state index in [-0.39, 0.29) is 6.61 Å². The van der Waals surface area contributed by atoms with Crippen LogP contribution in [0.4, 0.5) is 0 Å². The molecule has 1 nitrogen and oxygen atoms in total. The Kier molecular flexibility index (Phi) is 5.10. The molecule has 1 fully saturated rings. The molecule has 1 heterocycles. The van der Waals surface area contributed by atoms with Gasteiger partial charge in [0.15, 0.2) is 0 Å². The molecular formula is C13H16BrClOS. The van der Waals surface area contributed by atoms with Gasteiger partial charge in [-0.15, -0.1) is 11.3 Å². The van der Waals surface area contributed by atoms with Crippen molar-refractivity contribution in [1.82, 2.24) is 0 Å². The molecule has 0 aliphatic heterocycles. The third-order valence-electron chi connectivity index (χ3n) is 3.30. The van der Waals surface area contributed by atoms with Crippen molar-refractivity contribution in [3.63, 3.8) is 0 Å². The second-order valence-corrected chi connectivity index (χ2v) is 7.02. The number of aliphatic hydroxyl groups excluding tert-OH is 1. The van der Waals surface area contributed by atoms with Gasteiger partial charge in [0.05, 0.1) is 6.61 Å². The van der Waals surface area contributed by atoms with E-state index in [1.807, 2.05) is 6.07 Å². The normalized spacial score (nSPS) is 18.6. The van der Waals surface area contributed by atoms with Gasteiger partial charge in [-0.25, -0.2) is 0 Å². The fraction of sp³-hybridized carbons (Fsp3) is 0.538. The highest BCUT2D eigenvalue weighted by molar-refractivity contribution is 9.10. The lowest BCUT2D eigenvalue weighted by molar-refractivity contribution is 0.295. The molecule has 94 valence electrons. The molecule has 4 heteroatoms. The Hall–Kier alpha value is 0.170. The van der Waals surface area contributed by atoms with E-state index in [0.29, 0.717) is 5.92 Å². The van der Waals surface area contributed by atoms with Crippen molar-refractivity contribution in [3.8, 4) is 0 Å². The molecule has 1 aliphatic carbocycles. The fourth-order valence-corrected chi connectivity index (χ4v) is 4.10. The minimum absolute atomic E-state index is 0.164. The molecule has 0 unspecified atom stereocenters. The van der Waals surface area contributed by atoms with Gasteiger partial charge in [0, 0.05) is 9.35 Å². The number of aliphatic hydroxyl groups is 1. The number of hydrogen-bond acceptors (Lipinski definition) is 2.